The first-order valence-corrected chi connectivity index (χ1v) is 3.06. The first-order valence-electron chi connectivity index (χ1n) is 1.53. The summed E-state index contributed by atoms with van der Waals surface area (Å²) in [5.74, 6) is 0. The number of halogens is 2. The summed E-state index contributed by atoms with van der Waals surface area (Å²) in [4.78, 5) is 0. The molecule has 5 heavy (non-hydrogen) atoms. The van der Waals surface area contributed by atoms with Gasteiger partial charge in [0, 0.05) is 0 Å². The smallest absolute Gasteiger partial charge is 0.282 e. The summed E-state index contributed by atoms with van der Waals surface area (Å²) in [6, 6.07) is 0. The third-order valence-electron chi connectivity index (χ3n) is 0.267. The lowest BCUT2D eigenvalue weighted by atomic mass is 9.37. The summed E-state index contributed by atoms with van der Waals surface area (Å²) in [6.45, 7) is 0. The Morgan fingerprint density at radius 2 is 2.20 bits per heavy atom. The molecule has 0 amide bonds. The van der Waals surface area contributed by atoms with E-state index < -0.39 is 0 Å². The molecule has 0 aliphatic rings. The molecule has 0 fully saturated rings. The number of hydrogen-bond acceptors (Lipinski definition) is 0. The van der Waals surface area contributed by atoms with Crippen molar-refractivity contribution in [2.24, 2.45) is 0 Å². The molecular weight excluding hydrogens is 178 g/mol. The minimum atomic E-state index is -0.164. The molecule has 0 N–H and O–H groups in total. The molecule has 0 aliphatic carbocycles. The van der Waals surface area contributed by atoms with Crippen LogP contribution in [0.25, 0.3) is 0 Å². The molecule has 0 rings (SSSR count). The van der Waals surface area contributed by atoms with Gasteiger partial charge in [0.25, 0.3) is 7.45 Å². The first-order chi connectivity index (χ1) is 2.41. The Kier molecular flexibility index (Phi) is 5.68. The normalized spacial score (nSPS) is 6.00. The van der Waals surface area contributed by atoms with Gasteiger partial charge in [-0.2, -0.15) is 22.4 Å². The van der Waals surface area contributed by atoms with E-state index in [4.69, 9.17) is 0 Å². The average Bonchev–Trinajstić information content (AvgIpc) is 1.41. The average molecular weight is 181 g/mol. The van der Waals surface area contributed by atoms with E-state index in [0.717, 1.165) is 5.03 Å². The third kappa shape index (κ3) is 4.85. The molecule has 0 aromatic carbocycles. The molecule has 0 aromatic heterocycles. The standard InChI is InChI=1S/B3FH3I/c4-2-1-3-5/h1-3H. The number of rotatable bonds is 2. The second-order valence-corrected chi connectivity index (χ2v) is 1.81. The van der Waals surface area contributed by atoms with Gasteiger partial charge in [-0.25, -0.2) is 0 Å². The van der Waals surface area contributed by atoms with Gasteiger partial charge in [0.1, 0.15) is 7.06 Å². The van der Waals surface area contributed by atoms with Crippen molar-refractivity contribution in [3.63, 3.8) is 0 Å². The maximum Gasteiger partial charge on any atom is 0.282 e. The summed E-state index contributed by atoms with van der Waals surface area (Å²) >= 11 is 2.15. The monoisotopic (exact) mass is 182 g/mol. The Morgan fingerprint density at radius 1 is 1.60 bits per heavy atom. The van der Waals surface area contributed by atoms with E-state index in [2.05, 4.69) is 22.4 Å². The zero-order chi connectivity index (χ0) is 4.12. The summed E-state index contributed by atoms with van der Waals surface area (Å²) in [5, 5.41) is 0.939. The lowest BCUT2D eigenvalue weighted by molar-refractivity contribution is 0.893. The molecule has 0 nitrogen and oxygen atoms in total. The molecule has 26 valence electrons. The minimum absolute atomic E-state index is 0.164. The summed E-state index contributed by atoms with van der Waals surface area (Å²) in [7, 11) is 0.545. The van der Waals surface area contributed by atoms with Crippen molar-refractivity contribution in [2.45, 2.75) is 0 Å². The van der Waals surface area contributed by atoms with Crippen molar-refractivity contribution in [1.29, 1.82) is 0 Å². The molecule has 0 bridgehead atoms. The van der Waals surface area contributed by atoms with E-state index >= 15 is 0 Å². The molecule has 0 heterocycles. The zero-order valence-electron chi connectivity index (χ0n) is 2.88. The highest BCUT2D eigenvalue weighted by Crippen LogP contribution is 1.68. The highest BCUT2D eigenvalue weighted by Gasteiger charge is 1.85. The fraction of sp³-hybridized carbons (Fsp3) is 0. The maximum atomic E-state index is 11.0. The third-order valence-corrected chi connectivity index (χ3v) is 1.03. The van der Waals surface area contributed by atoms with Crippen molar-refractivity contribution >= 4 is 41.9 Å². The Bertz CT molecular complexity index is 14.4. The van der Waals surface area contributed by atoms with Crippen LogP contribution in [0.4, 0.5) is 4.32 Å². The lowest BCUT2D eigenvalue weighted by Crippen LogP contribution is -2.00. The van der Waals surface area contributed by atoms with Crippen LogP contribution in [-0.2, 0) is 0 Å². The topological polar surface area (TPSA) is 0 Å². The van der Waals surface area contributed by atoms with Crippen molar-refractivity contribution in [2.75, 3.05) is 0 Å². The van der Waals surface area contributed by atoms with Gasteiger partial charge in [0.15, 0.2) is 5.03 Å². The molecule has 5 heteroatoms. The fourth-order valence-corrected chi connectivity index (χ4v) is 0.339. The van der Waals surface area contributed by atoms with E-state index in [1.165, 1.54) is 0 Å². The van der Waals surface area contributed by atoms with E-state index in [9.17, 15) is 4.32 Å². The van der Waals surface area contributed by atoms with Crippen LogP contribution >= 0.6 is 22.4 Å². The molecule has 0 atom stereocenters. The van der Waals surface area contributed by atoms with Crippen LogP contribution < -0.4 is 0 Å². The highest BCUT2D eigenvalue weighted by molar-refractivity contribution is 14.1. The minimum Gasteiger partial charge on any atom is -0.353 e. The van der Waals surface area contributed by atoms with Crippen LogP contribution in [0.3, 0.4) is 0 Å². The van der Waals surface area contributed by atoms with Crippen LogP contribution in [0.2, 0.25) is 0 Å². The van der Waals surface area contributed by atoms with E-state index in [1.54, 1.807) is 0 Å². The molecule has 0 aliphatic heterocycles. The summed E-state index contributed by atoms with van der Waals surface area (Å²) < 4.78 is 11.0. The van der Waals surface area contributed by atoms with Crippen LogP contribution in [0.1, 0.15) is 0 Å². The second-order valence-electron chi connectivity index (χ2n) is 0.732. The lowest BCUT2D eigenvalue weighted by Gasteiger charge is -1.64. The molecule has 0 unspecified atom stereocenters. The Hall–Kier alpha value is 0.855. The predicted octanol–water partition coefficient (Wildman–Crippen LogP) is -0.640. The van der Waals surface area contributed by atoms with Gasteiger partial charge in [0.05, 0.1) is 0 Å². The SMILES string of the molecule is FBBBI. The zero-order valence-corrected chi connectivity index (χ0v) is 5.03. The van der Waals surface area contributed by atoms with Crippen molar-refractivity contribution in [1.82, 2.24) is 0 Å². The van der Waals surface area contributed by atoms with Crippen LogP contribution in [-0.4, -0.2) is 19.5 Å². The maximum absolute atomic E-state index is 11.0. The van der Waals surface area contributed by atoms with Crippen LogP contribution in [0.15, 0.2) is 0 Å². The molecular formula is H3B3FI. The molecule has 0 saturated heterocycles. The van der Waals surface area contributed by atoms with E-state index in [1.807, 2.05) is 0 Å². The van der Waals surface area contributed by atoms with Crippen LogP contribution in [0.5, 0.6) is 0 Å². The van der Waals surface area contributed by atoms with E-state index in [-0.39, 0.29) is 7.45 Å². The van der Waals surface area contributed by atoms with Crippen molar-refractivity contribution in [3.8, 4) is 0 Å². The Balaban J connectivity index is 2.19. The molecule has 0 aromatic rings. The molecule has 0 radical (unpaired) electrons. The van der Waals surface area contributed by atoms with Gasteiger partial charge in [-0.05, 0) is 0 Å². The summed E-state index contributed by atoms with van der Waals surface area (Å²) in [6.07, 6.45) is 0. The fourth-order valence-electron chi connectivity index (χ4n) is 0.0505. The van der Waals surface area contributed by atoms with E-state index in [0.29, 0.717) is 7.06 Å². The second kappa shape index (κ2) is 4.85. The van der Waals surface area contributed by atoms with Gasteiger partial charge in [-0.3, -0.25) is 0 Å². The van der Waals surface area contributed by atoms with Crippen molar-refractivity contribution in [3.05, 3.63) is 0 Å². The largest absolute Gasteiger partial charge is 0.353 e. The van der Waals surface area contributed by atoms with Gasteiger partial charge in [-0.15, -0.1) is 0 Å². The van der Waals surface area contributed by atoms with Gasteiger partial charge < -0.3 is 4.32 Å². The van der Waals surface area contributed by atoms with Crippen LogP contribution in [0, 0.1) is 0 Å². The number of hydrogen-bond donors (Lipinski definition) is 0. The molecule has 0 spiro atoms. The van der Waals surface area contributed by atoms with Gasteiger partial charge in [0.2, 0.25) is 0 Å². The Labute approximate surface area is 46.5 Å². The van der Waals surface area contributed by atoms with Gasteiger partial charge >= 0.3 is 0 Å². The highest BCUT2D eigenvalue weighted by atomic mass is 127. The molecule has 0 saturated carbocycles. The first kappa shape index (κ1) is 5.85. The quantitative estimate of drug-likeness (QED) is 0.393. The summed E-state index contributed by atoms with van der Waals surface area (Å²) in [5.41, 5.74) is 0. The predicted molar refractivity (Wildman–Crippen MR) is 36.6 cm³/mol. The van der Waals surface area contributed by atoms with Crippen molar-refractivity contribution < 1.29 is 4.32 Å². The Morgan fingerprint density at radius 3 is 2.20 bits per heavy atom. The van der Waals surface area contributed by atoms with Gasteiger partial charge in [-0.1, -0.05) is 0 Å².